The number of fused-ring (bicyclic) bond motifs is 1. The Labute approximate surface area is 119 Å². The molecule has 1 aromatic carbocycles. The summed E-state index contributed by atoms with van der Waals surface area (Å²) < 4.78 is 0. The molecule has 2 rings (SSSR count). The van der Waals surface area contributed by atoms with E-state index in [1.54, 1.807) is 11.8 Å². The number of halogens is 1. The molecule has 1 aliphatic rings. The van der Waals surface area contributed by atoms with E-state index in [-0.39, 0.29) is 23.6 Å². The molecule has 18 heavy (non-hydrogen) atoms. The van der Waals surface area contributed by atoms with Crippen LogP contribution in [0.5, 0.6) is 0 Å². The lowest BCUT2D eigenvalue weighted by Crippen LogP contribution is -2.34. The van der Waals surface area contributed by atoms with Crippen LogP contribution < -0.4 is 10.6 Å². The average molecular weight is 287 g/mol. The van der Waals surface area contributed by atoms with E-state index in [0.717, 1.165) is 18.7 Å². The average Bonchev–Trinajstić information content (AvgIpc) is 2.38. The SMILES string of the molecule is CNCCNC(=O)C1SCCc2ccccc21.Cl. The van der Waals surface area contributed by atoms with Gasteiger partial charge in [0.25, 0.3) is 0 Å². The second kappa shape index (κ2) is 7.67. The van der Waals surface area contributed by atoms with Crippen LogP contribution in [-0.2, 0) is 11.2 Å². The summed E-state index contributed by atoms with van der Waals surface area (Å²) in [6.07, 6.45) is 1.07. The molecule has 0 radical (unpaired) electrons. The third kappa shape index (κ3) is 3.64. The summed E-state index contributed by atoms with van der Waals surface area (Å²) in [4.78, 5) is 12.1. The van der Waals surface area contributed by atoms with Gasteiger partial charge in [-0.25, -0.2) is 0 Å². The highest BCUT2D eigenvalue weighted by atomic mass is 35.5. The second-order valence-corrected chi connectivity index (χ2v) is 5.31. The number of hydrogen-bond acceptors (Lipinski definition) is 3. The zero-order valence-corrected chi connectivity index (χ0v) is 12.1. The molecule has 1 aromatic rings. The largest absolute Gasteiger partial charge is 0.354 e. The minimum Gasteiger partial charge on any atom is -0.354 e. The fourth-order valence-electron chi connectivity index (χ4n) is 2.01. The smallest absolute Gasteiger partial charge is 0.237 e. The van der Waals surface area contributed by atoms with E-state index in [2.05, 4.69) is 22.8 Å². The minimum absolute atomic E-state index is 0. The monoisotopic (exact) mass is 286 g/mol. The number of aryl methyl sites for hydroxylation is 1. The Morgan fingerprint density at radius 2 is 2.17 bits per heavy atom. The van der Waals surface area contributed by atoms with Crippen LogP contribution >= 0.6 is 24.2 Å². The van der Waals surface area contributed by atoms with Crippen LogP contribution in [0.25, 0.3) is 0 Å². The maximum Gasteiger partial charge on any atom is 0.237 e. The van der Waals surface area contributed by atoms with Crippen LogP contribution in [0.15, 0.2) is 24.3 Å². The molecule has 0 saturated heterocycles. The standard InChI is InChI=1S/C13H18N2OS.ClH/c1-14-7-8-15-13(16)12-11-5-3-2-4-10(11)6-9-17-12;/h2-5,12,14H,6-9H2,1H3,(H,15,16);1H. The van der Waals surface area contributed by atoms with Gasteiger partial charge in [0.15, 0.2) is 0 Å². The van der Waals surface area contributed by atoms with Crippen molar-refractivity contribution in [3.63, 3.8) is 0 Å². The van der Waals surface area contributed by atoms with E-state index in [4.69, 9.17) is 0 Å². The zero-order chi connectivity index (χ0) is 12.1. The van der Waals surface area contributed by atoms with E-state index < -0.39 is 0 Å². The van der Waals surface area contributed by atoms with Gasteiger partial charge in [-0.2, -0.15) is 0 Å². The highest BCUT2D eigenvalue weighted by Gasteiger charge is 2.26. The molecule has 0 saturated carbocycles. The maximum atomic E-state index is 12.1. The predicted molar refractivity (Wildman–Crippen MR) is 79.5 cm³/mol. The Bertz CT molecular complexity index is 400. The lowest BCUT2D eigenvalue weighted by molar-refractivity contribution is -0.120. The number of rotatable bonds is 4. The predicted octanol–water partition coefficient (Wildman–Crippen LogP) is 1.77. The molecule has 1 amide bonds. The van der Waals surface area contributed by atoms with E-state index in [1.807, 2.05) is 19.2 Å². The highest BCUT2D eigenvalue weighted by molar-refractivity contribution is 8.00. The quantitative estimate of drug-likeness (QED) is 0.829. The topological polar surface area (TPSA) is 41.1 Å². The van der Waals surface area contributed by atoms with E-state index in [0.29, 0.717) is 6.54 Å². The molecule has 0 bridgehead atoms. The summed E-state index contributed by atoms with van der Waals surface area (Å²) in [7, 11) is 1.89. The van der Waals surface area contributed by atoms with Gasteiger partial charge < -0.3 is 10.6 Å². The van der Waals surface area contributed by atoms with Gasteiger partial charge in [0.05, 0.1) is 0 Å². The van der Waals surface area contributed by atoms with Gasteiger partial charge in [-0.15, -0.1) is 24.2 Å². The van der Waals surface area contributed by atoms with Crippen molar-refractivity contribution < 1.29 is 4.79 Å². The number of hydrogen-bond donors (Lipinski definition) is 2. The molecule has 0 spiro atoms. The summed E-state index contributed by atoms with van der Waals surface area (Å²) in [5, 5.41) is 5.96. The first-order chi connectivity index (χ1) is 8.33. The molecule has 3 nitrogen and oxygen atoms in total. The van der Waals surface area contributed by atoms with Crippen molar-refractivity contribution in [3.8, 4) is 0 Å². The van der Waals surface area contributed by atoms with Crippen molar-refractivity contribution in [1.29, 1.82) is 0 Å². The zero-order valence-electron chi connectivity index (χ0n) is 10.4. The molecule has 5 heteroatoms. The number of benzene rings is 1. The summed E-state index contributed by atoms with van der Waals surface area (Å²) in [5.41, 5.74) is 2.51. The van der Waals surface area contributed by atoms with Crippen LogP contribution in [0.1, 0.15) is 16.4 Å². The molecular weight excluding hydrogens is 268 g/mol. The van der Waals surface area contributed by atoms with Gasteiger partial charge in [0, 0.05) is 13.1 Å². The van der Waals surface area contributed by atoms with Gasteiger partial charge >= 0.3 is 0 Å². The van der Waals surface area contributed by atoms with Crippen molar-refractivity contribution >= 4 is 30.1 Å². The lowest BCUT2D eigenvalue weighted by Gasteiger charge is -2.24. The Balaban J connectivity index is 0.00000162. The van der Waals surface area contributed by atoms with Crippen LogP contribution in [0.2, 0.25) is 0 Å². The maximum absolute atomic E-state index is 12.1. The molecule has 1 heterocycles. The van der Waals surface area contributed by atoms with Crippen molar-refractivity contribution in [1.82, 2.24) is 10.6 Å². The van der Waals surface area contributed by atoms with Gasteiger partial charge in [0.2, 0.25) is 5.91 Å². The molecule has 1 aliphatic heterocycles. The molecule has 0 fully saturated rings. The van der Waals surface area contributed by atoms with Crippen molar-refractivity contribution in [2.75, 3.05) is 25.9 Å². The molecule has 0 aromatic heterocycles. The van der Waals surface area contributed by atoms with E-state index >= 15 is 0 Å². The van der Waals surface area contributed by atoms with Gasteiger partial charge in [-0.05, 0) is 30.3 Å². The molecular formula is C13H19ClN2OS. The number of thioether (sulfide) groups is 1. The first-order valence-electron chi connectivity index (χ1n) is 5.94. The Morgan fingerprint density at radius 1 is 1.39 bits per heavy atom. The molecule has 0 aliphatic carbocycles. The molecule has 1 unspecified atom stereocenters. The number of carbonyl (C=O) groups is 1. The molecule has 1 atom stereocenters. The fraction of sp³-hybridized carbons (Fsp3) is 0.462. The Kier molecular flexibility index (Phi) is 6.54. The molecule has 2 N–H and O–H groups in total. The number of nitrogens with one attached hydrogen (secondary N) is 2. The minimum atomic E-state index is -0.0307. The van der Waals surface area contributed by atoms with Crippen molar-refractivity contribution in [2.45, 2.75) is 11.7 Å². The van der Waals surface area contributed by atoms with Crippen molar-refractivity contribution in [3.05, 3.63) is 35.4 Å². The number of likely N-dealkylation sites (N-methyl/N-ethyl adjacent to an activating group) is 1. The van der Waals surface area contributed by atoms with E-state index in [1.165, 1.54) is 11.1 Å². The summed E-state index contributed by atoms with van der Waals surface area (Å²) in [6, 6.07) is 8.26. The fourth-order valence-corrected chi connectivity index (χ4v) is 3.23. The highest BCUT2D eigenvalue weighted by Crippen LogP contribution is 2.36. The number of carbonyl (C=O) groups excluding carboxylic acids is 1. The van der Waals surface area contributed by atoms with Crippen molar-refractivity contribution in [2.24, 2.45) is 0 Å². The van der Waals surface area contributed by atoms with Crippen LogP contribution in [0.4, 0.5) is 0 Å². The Morgan fingerprint density at radius 3 is 2.94 bits per heavy atom. The van der Waals surface area contributed by atoms with E-state index in [9.17, 15) is 4.79 Å². The van der Waals surface area contributed by atoms with Gasteiger partial charge in [-0.3, -0.25) is 4.79 Å². The second-order valence-electron chi connectivity index (χ2n) is 4.09. The van der Waals surface area contributed by atoms with Gasteiger partial charge in [0.1, 0.15) is 5.25 Å². The summed E-state index contributed by atoms with van der Waals surface area (Å²) in [5.74, 6) is 1.17. The molecule has 100 valence electrons. The Hall–Kier alpha value is -0.710. The first-order valence-corrected chi connectivity index (χ1v) is 6.99. The summed E-state index contributed by atoms with van der Waals surface area (Å²) >= 11 is 1.74. The van der Waals surface area contributed by atoms with Gasteiger partial charge in [-0.1, -0.05) is 24.3 Å². The third-order valence-electron chi connectivity index (χ3n) is 2.91. The number of amides is 1. The normalized spacial score (nSPS) is 17.5. The van der Waals surface area contributed by atoms with Crippen LogP contribution in [-0.4, -0.2) is 31.8 Å². The summed E-state index contributed by atoms with van der Waals surface area (Å²) in [6.45, 7) is 1.50. The van der Waals surface area contributed by atoms with Crippen LogP contribution in [0, 0.1) is 0 Å². The third-order valence-corrected chi connectivity index (χ3v) is 4.15. The van der Waals surface area contributed by atoms with Crippen LogP contribution in [0.3, 0.4) is 0 Å². The lowest BCUT2D eigenvalue weighted by atomic mass is 10.0. The first kappa shape index (κ1) is 15.3.